The van der Waals surface area contributed by atoms with Gasteiger partial charge in [0.2, 0.25) is 0 Å². The van der Waals surface area contributed by atoms with Crippen LogP contribution in [0.5, 0.6) is 0 Å². The molecule has 2 aliphatic carbocycles. The Morgan fingerprint density at radius 2 is 1.91 bits per heavy atom. The molecule has 5 nitrogen and oxygen atoms in total. The number of rotatable bonds is 4. The molecule has 2 heterocycles. The molecule has 0 amide bonds. The van der Waals surface area contributed by atoms with E-state index in [1.165, 1.54) is 5.57 Å². The predicted molar refractivity (Wildman–Crippen MR) is 124 cm³/mol. The van der Waals surface area contributed by atoms with E-state index >= 15 is 0 Å². The molecule has 32 heavy (non-hydrogen) atoms. The highest BCUT2D eigenvalue weighted by Gasteiger charge is 2.49. The Balaban J connectivity index is 1.40. The standard InChI is InChI=1S/C27H28N2O3/c1-18-24(27(30)21-9-4-7-19-6-2-3-8-20(19)21)22-10-5-11-23-25(22)26(18)29(17-32-23)16-28-12-14-31-15-13-28/h2-11,23,25-26H,12-17H2,1H3. The minimum Gasteiger partial charge on any atom is -0.379 e. The molecule has 0 saturated carbocycles. The van der Waals surface area contributed by atoms with Crippen molar-refractivity contribution in [3.63, 3.8) is 0 Å². The Bertz CT molecular complexity index is 1150. The molecule has 164 valence electrons. The molecular weight excluding hydrogens is 400 g/mol. The van der Waals surface area contributed by atoms with Gasteiger partial charge in [0.25, 0.3) is 0 Å². The molecule has 0 N–H and O–H groups in total. The van der Waals surface area contributed by atoms with Crippen LogP contribution in [0.15, 0.2) is 77.4 Å². The highest BCUT2D eigenvalue weighted by Crippen LogP contribution is 2.47. The first-order valence-corrected chi connectivity index (χ1v) is 11.5. The van der Waals surface area contributed by atoms with Crippen LogP contribution in [0.2, 0.25) is 0 Å². The van der Waals surface area contributed by atoms with Gasteiger partial charge in [-0.05, 0) is 28.8 Å². The maximum atomic E-state index is 14.0. The molecule has 4 aliphatic rings. The molecule has 0 bridgehead atoms. The summed E-state index contributed by atoms with van der Waals surface area (Å²) >= 11 is 0. The number of ketones is 1. The van der Waals surface area contributed by atoms with Crippen LogP contribution in [-0.2, 0) is 9.47 Å². The van der Waals surface area contributed by atoms with Crippen LogP contribution >= 0.6 is 0 Å². The summed E-state index contributed by atoms with van der Waals surface area (Å²) in [5.41, 5.74) is 3.96. The first-order chi connectivity index (χ1) is 15.7. The van der Waals surface area contributed by atoms with Crippen molar-refractivity contribution in [3.05, 3.63) is 83.0 Å². The average Bonchev–Trinajstić information content (AvgIpc) is 3.14. The molecule has 2 aromatic carbocycles. The van der Waals surface area contributed by atoms with Gasteiger partial charge >= 0.3 is 0 Å². The Hall–Kier alpha value is -2.57. The molecule has 5 heteroatoms. The fourth-order valence-electron chi connectivity index (χ4n) is 5.84. The van der Waals surface area contributed by atoms with E-state index < -0.39 is 0 Å². The lowest BCUT2D eigenvalue weighted by Crippen LogP contribution is -2.55. The van der Waals surface area contributed by atoms with Gasteiger partial charge in [0.05, 0.1) is 26.0 Å². The van der Waals surface area contributed by atoms with Crippen LogP contribution in [0.4, 0.5) is 0 Å². The highest BCUT2D eigenvalue weighted by molar-refractivity contribution is 6.19. The van der Waals surface area contributed by atoms with E-state index in [1.807, 2.05) is 30.3 Å². The summed E-state index contributed by atoms with van der Waals surface area (Å²) in [6.07, 6.45) is 6.35. The SMILES string of the molecule is CC1=C(C(=O)c2cccc3ccccc23)C2=CC=CC3OCN(CN4CCOCC4)C1C23. The second-order valence-electron chi connectivity index (χ2n) is 9.11. The molecule has 0 spiro atoms. The summed E-state index contributed by atoms with van der Waals surface area (Å²) in [6, 6.07) is 14.3. The van der Waals surface area contributed by atoms with E-state index in [0.29, 0.717) is 6.73 Å². The summed E-state index contributed by atoms with van der Waals surface area (Å²) in [5, 5.41) is 2.11. The quantitative estimate of drug-likeness (QED) is 0.694. The molecule has 2 saturated heterocycles. The third-order valence-electron chi connectivity index (χ3n) is 7.33. The lowest BCUT2D eigenvalue weighted by atomic mass is 9.83. The molecule has 3 unspecified atom stereocenters. The van der Waals surface area contributed by atoms with Crippen LogP contribution in [0.1, 0.15) is 17.3 Å². The lowest BCUT2D eigenvalue weighted by Gasteiger charge is -2.45. The second-order valence-corrected chi connectivity index (χ2v) is 9.11. The predicted octanol–water partition coefficient (Wildman–Crippen LogP) is 3.78. The zero-order chi connectivity index (χ0) is 21.7. The zero-order valence-corrected chi connectivity index (χ0v) is 18.4. The van der Waals surface area contributed by atoms with E-state index in [4.69, 9.17) is 9.47 Å². The summed E-state index contributed by atoms with van der Waals surface area (Å²) < 4.78 is 11.8. The molecule has 2 aliphatic heterocycles. The number of carbonyl (C=O) groups is 1. The largest absolute Gasteiger partial charge is 0.379 e. The second kappa shape index (κ2) is 8.09. The molecule has 2 aromatic rings. The number of morpholine rings is 1. The van der Waals surface area contributed by atoms with Gasteiger partial charge in [-0.15, -0.1) is 0 Å². The van der Waals surface area contributed by atoms with Crippen LogP contribution in [-0.4, -0.2) is 67.4 Å². The maximum Gasteiger partial charge on any atom is 0.193 e. The topological polar surface area (TPSA) is 42.0 Å². The first-order valence-electron chi connectivity index (χ1n) is 11.5. The highest BCUT2D eigenvalue weighted by atomic mass is 16.5. The van der Waals surface area contributed by atoms with Crippen LogP contribution < -0.4 is 0 Å². The average molecular weight is 429 g/mol. The number of fused-ring (bicyclic) bond motifs is 1. The van der Waals surface area contributed by atoms with E-state index in [0.717, 1.165) is 60.5 Å². The van der Waals surface area contributed by atoms with Gasteiger partial charge in [-0.25, -0.2) is 0 Å². The molecule has 3 atom stereocenters. The number of hydrogen-bond donors (Lipinski definition) is 0. The van der Waals surface area contributed by atoms with Crippen molar-refractivity contribution in [2.24, 2.45) is 5.92 Å². The first kappa shape index (κ1) is 20.1. The Kier molecular flexibility index (Phi) is 5.07. The molecule has 2 fully saturated rings. The number of benzene rings is 2. The third-order valence-corrected chi connectivity index (χ3v) is 7.33. The number of nitrogens with zero attached hydrogens (tertiary/aromatic N) is 2. The van der Waals surface area contributed by atoms with Crippen molar-refractivity contribution >= 4 is 16.6 Å². The smallest absolute Gasteiger partial charge is 0.193 e. The number of Topliss-reactive ketones (excluding diaryl/α,β-unsaturated/α-hetero) is 1. The minimum atomic E-state index is 0.0220. The molecule has 0 aromatic heterocycles. The Morgan fingerprint density at radius 1 is 1.09 bits per heavy atom. The van der Waals surface area contributed by atoms with E-state index in [-0.39, 0.29) is 23.8 Å². The zero-order valence-electron chi connectivity index (χ0n) is 18.4. The number of carbonyl (C=O) groups excluding carboxylic acids is 1. The lowest BCUT2D eigenvalue weighted by molar-refractivity contribution is -0.117. The van der Waals surface area contributed by atoms with Crippen molar-refractivity contribution in [1.82, 2.24) is 9.80 Å². The third kappa shape index (κ3) is 3.20. The van der Waals surface area contributed by atoms with Crippen LogP contribution in [0.25, 0.3) is 10.8 Å². The number of hydrogen-bond acceptors (Lipinski definition) is 5. The molecular formula is C27H28N2O3. The van der Waals surface area contributed by atoms with Gasteiger partial charge in [-0.3, -0.25) is 14.6 Å². The van der Waals surface area contributed by atoms with Crippen molar-refractivity contribution in [2.45, 2.75) is 19.1 Å². The maximum absolute atomic E-state index is 14.0. The van der Waals surface area contributed by atoms with Gasteiger partial charge in [0.1, 0.15) is 6.73 Å². The van der Waals surface area contributed by atoms with Crippen LogP contribution in [0.3, 0.4) is 0 Å². The van der Waals surface area contributed by atoms with E-state index in [2.05, 4.69) is 47.1 Å². The molecule has 6 rings (SSSR count). The van der Waals surface area contributed by atoms with Gasteiger partial charge in [-0.1, -0.05) is 60.7 Å². The Morgan fingerprint density at radius 3 is 2.78 bits per heavy atom. The summed E-state index contributed by atoms with van der Waals surface area (Å²) in [6.45, 7) is 6.99. The fraction of sp³-hybridized carbons (Fsp3) is 0.370. The number of allylic oxidation sites excluding steroid dienone is 3. The summed E-state index contributed by atoms with van der Waals surface area (Å²) in [4.78, 5) is 18.8. The van der Waals surface area contributed by atoms with Crippen LogP contribution in [0, 0.1) is 5.92 Å². The fourth-order valence-corrected chi connectivity index (χ4v) is 5.84. The van der Waals surface area contributed by atoms with Gasteiger partial charge in [0, 0.05) is 36.2 Å². The van der Waals surface area contributed by atoms with Gasteiger partial charge in [0.15, 0.2) is 5.78 Å². The van der Waals surface area contributed by atoms with E-state index in [9.17, 15) is 4.79 Å². The number of ether oxygens (including phenoxy) is 2. The summed E-state index contributed by atoms with van der Waals surface area (Å²) in [5.74, 6) is 0.295. The van der Waals surface area contributed by atoms with Gasteiger partial charge < -0.3 is 9.47 Å². The van der Waals surface area contributed by atoms with Crippen molar-refractivity contribution in [1.29, 1.82) is 0 Å². The minimum absolute atomic E-state index is 0.0220. The van der Waals surface area contributed by atoms with Crippen molar-refractivity contribution < 1.29 is 14.3 Å². The Labute approximate surface area is 188 Å². The van der Waals surface area contributed by atoms with E-state index in [1.54, 1.807) is 0 Å². The van der Waals surface area contributed by atoms with Gasteiger partial charge in [-0.2, -0.15) is 0 Å². The normalized spacial score (nSPS) is 28.2. The molecule has 0 radical (unpaired) electrons. The van der Waals surface area contributed by atoms with Crippen molar-refractivity contribution in [2.75, 3.05) is 39.7 Å². The monoisotopic (exact) mass is 428 g/mol. The summed E-state index contributed by atoms with van der Waals surface area (Å²) in [7, 11) is 0. The van der Waals surface area contributed by atoms with Crippen molar-refractivity contribution in [3.8, 4) is 0 Å².